The number of anilines is 2. The molecule has 3 aromatic rings. The normalized spacial score (nSPS) is 15.5. The molecule has 9 heteroatoms. The zero-order chi connectivity index (χ0) is 28.1. The average Bonchev–Trinajstić information content (AvgIpc) is 2.88. The van der Waals surface area contributed by atoms with E-state index in [0.29, 0.717) is 18.8 Å². The quantitative estimate of drug-likeness (QED) is 0.311. The third kappa shape index (κ3) is 4.98. The Morgan fingerprint density at radius 1 is 0.872 bits per heavy atom. The molecule has 39 heavy (non-hydrogen) atoms. The van der Waals surface area contributed by atoms with Crippen molar-refractivity contribution in [2.75, 3.05) is 29.0 Å². The minimum atomic E-state index is -3.92. The van der Waals surface area contributed by atoms with Crippen molar-refractivity contribution < 1.29 is 27.9 Å². The summed E-state index contributed by atoms with van der Waals surface area (Å²) < 4.78 is 34.0. The number of sulfonamides is 1. The lowest BCUT2D eigenvalue weighted by Gasteiger charge is -2.34. The van der Waals surface area contributed by atoms with Crippen molar-refractivity contribution in [2.45, 2.75) is 45.4 Å². The molecule has 1 fully saturated rings. The van der Waals surface area contributed by atoms with E-state index in [2.05, 4.69) is 25.5 Å². The van der Waals surface area contributed by atoms with Crippen molar-refractivity contribution >= 4 is 33.0 Å². The lowest BCUT2D eigenvalue weighted by Crippen LogP contribution is -2.32. The minimum Gasteiger partial charge on any atom is -0.505 e. The topological polar surface area (TPSA) is 113 Å². The number of piperidine rings is 1. The van der Waals surface area contributed by atoms with Crippen LogP contribution >= 0.6 is 0 Å². The van der Waals surface area contributed by atoms with Crippen LogP contribution in [0.3, 0.4) is 0 Å². The van der Waals surface area contributed by atoms with E-state index < -0.39 is 21.6 Å². The van der Waals surface area contributed by atoms with Crippen LogP contribution in [0.5, 0.6) is 17.2 Å². The van der Waals surface area contributed by atoms with Gasteiger partial charge in [-0.25, -0.2) is 8.42 Å². The molecule has 0 bridgehead atoms. The second-order valence-corrected chi connectivity index (χ2v) is 12.9. The molecule has 0 atom stereocenters. The largest absolute Gasteiger partial charge is 0.505 e. The SMILES string of the molecule is CC(C)(C)c1ccc(Oc2c(NS(C)(=O)=O)c3c(c(O)c2N2CCCCC2)C(=O)c2ccccc2C3=O)cc1. The first-order chi connectivity index (χ1) is 18.4. The molecule has 0 unspecified atom stereocenters. The number of hydrogen-bond donors (Lipinski definition) is 2. The predicted molar refractivity (Wildman–Crippen MR) is 151 cm³/mol. The minimum absolute atomic E-state index is 0.0115. The van der Waals surface area contributed by atoms with Crippen molar-refractivity contribution in [1.82, 2.24) is 0 Å². The van der Waals surface area contributed by atoms with E-state index in [1.807, 2.05) is 17.0 Å². The Kier molecular flexibility index (Phi) is 6.66. The molecule has 1 heterocycles. The molecule has 8 nitrogen and oxygen atoms in total. The number of benzene rings is 3. The number of ketones is 2. The lowest BCUT2D eigenvalue weighted by atomic mass is 9.82. The van der Waals surface area contributed by atoms with Crippen LogP contribution in [0.25, 0.3) is 0 Å². The van der Waals surface area contributed by atoms with Gasteiger partial charge in [-0.15, -0.1) is 0 Å². The molecule has 5 rings (SSSR count). The molecule has 2 N–H and O–H groups in total. The number of phenolic OH excluding ortho intramolecular Hbond substituents is 1. The maximum Gasteiger partial charge on any atom is 0.229 e. The zero-order valence-electron chi connectivity index (χ0n) is 22.5. The fourth-order valence-electron chi connectivity index (χ4n) is 5.23. The Morgan fingerprint density at radius 2 is 1.44 bits per heavy atom. The highest BCUT2D eigenvalue weighted by Crippen LogP contribution is 2.53. The van der Waals surface area contributed by atoms with Gasteiger partial charge < -0.3 is 14.7 Å². The van der Waals surface area contributed by atoms with Crippen LogP contribution in [0.2, 0.25) is 0 Å². The fraction of sp³-hybridized carbons (Fsp3) is 0.333. The van der Waals surface area contributed by atoms with Crippen molar-refractivity contribution in [1.29, 1.82) is 0 Å². The molecule has 0 aromatic heterocycles. The average molecular weight is 549 g/mol. The third-order valence-electron chi connectivity index (χ3n) is 7.17. The molecular formula is C30H32N2O6S. The van der Waals surface area contributed by atoms with Gasteiger partial charge in [0.2, 0.25) is 10.0 Å². The van der Waals surface area contributed by atoms with Crippen molar-refractivity contribution in [3.05, 3.63) is 76.3 Å². The number of ether oxygens (including phenoxy) is 1. The van der Waals surface area contributed by atoms with Crippen molar-refractivity contribution in [2.24, 2.45) is 0 Å². The standard InChI is InChI=1S/C30H32N2O6S/c1-30(2,3)18-12-14-19(15-13-18)38-29-24(31-39(4,36)37)22-23(28(35)25(29)32-16-8-5-9-17-32)27(34)21-11-7-6-10-20(21)26(22)33/h6-7,10-15,31,35H,5,8-9,16-17H2,1-4H3. The molecule has 0 radical (unpaired) electrons. The van der Waals surface area contributed by atoms with E-state index in [9.17, 15) is 23.1 Å². The van der Waals surface area contributed by atoms with E-state index in [0.717, 1.165) is 31.1 Å². The monoisotopic (exact) mass is 548 g/mol. The smallest absolute Gasteiger partial charge is 0.229 e. The molecule has 2 aliphatic rings. The van der Waals surface area contributed by atoms with E-state index >= 15 is 0 Å². The third-order valence-corrected chi connectivity index (χ3v) is 7.75. The molecule has 1 aliphatic heterocycles. The van der Waals surface area contributed by atoms with Gasteiger partial charge in [-0.05, 0) is 42.4 Å². The second-order valence-electron chi connectivity index (χ2n) is 11.2. The predicted octanol–water partition coefficient (Wildman–Crippen LogP) is 5.62. The van der Waals surface area contributed by atoms with E-state index in [-0.39, 0.29) is 50.5 Å². The highest BCUT2D eigenvalue weighted by Gasteiger charge is 2.40. The van der Waals surface area contributed by atoms with Gasteiger partial charge in [0.1, 0.15) is 17.1 Å². The summed E-state index contributed by atoms with van der Waals surface area (Å²) in [6, 6.07) is 13.7. The number of aromatic hydroxyl groups is 1. The summed E-state index contributed by atoms with van der Waals surface area (Å²) in [5.41, 5.74) is 0.878. The molecule has 0 saturated carbocycles. The summed E-state index contributed by atoms with van der Waals surface area (Å²) in [6.45, 7) is 7.42. The number of nitrogens with one attached hydrogen (secondary N) is 1. The molecule has 0 amide bonds. The molecule has 0 spiro atoms. The second kappa shape index (κ2) is 9.72. The number of nitrogens with zero attached hydrogens (tertiary/aromatic N) is 1. The van der Waals surface area contributed by atoms with Gasteiger partial charge in [-0.1, -0.05) is 57.2 Å². The number of fused-ring (bicyclic) bond motifs is 2. The van der Waals surface area contributed by atoms with E-state index in [1.54, 1.807) is 24.3 Å². The van der Waals surface area contributed by atoms with Gasteiger partial charge >= 0.3 is 0 Å². The van der Waals surface area contributed by atoms with Gasteiger partial charge in [0.25, 0.3) is 0 Å². The zero-order valence-corrected chi connectivity index (χ0v) is 23.3. The Balaban J connectivity index is 1.80. The first-order valence-corrected chi connectivity index (χ1v) is 14.9. The molecule has 204 valence electrons. The summed E-state index contributed by atoms with van der Waals surface area (Å²) in [5, 5.41) is 11.7. The van der Waals surface area contributed by atoms with Gasteiger partial charge in [0.05, 0.1) is 17.4 Å². The number of phenols is 1. The summed E-state index contributed by atoms with van der Waals surface area (Å²) in [7, 11) is -3.92. The van der Waals surface area contributed by atoms with Crippen LogP contribution in [0.1, 0.15) is 77.4 Å². The van der Waals surface area contributed by atoms with Gasteiger partial charge in [0, 0.05) is 24.2 Å². The van der Waals surface area contributed by atoms with E-state index in [4.69, 9.17) is 4.74 Å². The number of carbonyl (C=O) groups excluding carboxylic acids is 2. The number of rotatable bonds is 5. The molecule has 1 saturated heterocycles. The Bertz CT molecular complexity index is 1580. The van der Waals surface area contributed by atoms with Gasteiger partial charge in [-0.3, -0.25) is 14.3 Å². The maximum absolute atomic E-state index is 13.8. The molecule has 1 aliphatic carbocycles. The fourth-order valence-corrected chi connectivity index (χ4v) is 5.80. The van der Waals surface area contributed by atoms with Gasteiger partial charge in [-0.2, -0.15) is 0 Å². The van der Waals surface area contributed by atoms with Crippen LogP contribution in [-0.4, -0.2) is 44.4 Å². The lowest BCUT2D eigenvalue weighted by molar-refractivity contribution is 0.0977. The van der Waals surface area contributed by atoms with Gasteiger partial charge in [0.15, 0.2) is 23.1 Å². The van der Waals surface area contributed by atoms with Crippen LogP contribution < -0.4 is 14.4 Å². The Labute approximate surface area is 228 Å². The Hall–Kier alpha value is -3.85. The highest BCUT2D eigenvalue weighted by atomic mass is 32.2. The van der Waals surface area contributed by atoms with Crippen LogP contribution in [0, 0.1) is 0 Å². The van der Waals surface area contributed by atoms with E-state index in [1.165, 1.54) is 12.1 Å². The van der Waals surface area contributed by atoms with Crippen LogP contribution in [0.4, 0.5) is 11.4 Å². The highest BCUT2D eigenvalue weighted by molar-refractivity contribution is 7.92. The van der Waals surface area contributed by atoms with Crippen LogP contribution in [-0.2, 0) is 15.4 Å². The summed E-state index contributed by atoms with van der Waals surface area (Å²) in [5.74, 6) is -1.12. The summed E-state index contributed by atoms with van der Waals surface area (Å²) >= 11 is 0. The van der Waals surface area contributed by atoms with Crippen molar-refractivity contribution in [3.8, 4) is 17.2 Å². The van der Waals surface area contributed by atoms with Crippen molar-refractivity contribution in [3.63, 3.8) is 0 Å². The van der Waals surface area contributed by atoms with Crippen LogP contribution in [0.15, 0.2) is 48.5 Å². The molecular weight excluding hydrogens is 516 g/mol. The number of hydrogen-bond acceptors (Lipinski definition) is 7. The maximum atomic E-state index is 13.8. The first-order valence-electron chi connectivity index (χ1n) is 13.0. The first kappa shape index (κ1) is 26.7. The number of carbonyl (C=O) groups is 2. The molecule has 3 aromatic carbocycles. The summed E-state index contributed by atoms with van der Waals surface area (Å²) in [4.78, 5) is 29.4. The Morgan fingerprint density at radius 3 is 1.97 bits per heavy atom. The summed E-state index contributed by atoms with van der Waals surface area (Å²) in [6.07, 6.45) is 3.67.